The van der Waals surface area contributed by atoms with Crippen molar-refractivity contribution in [3.05, 3.63) is 78.4 Å². The van der Waals surface area contributed by atoms with E-state index in [2.05, 4.69) is 10.5 Å². The van der Waals surface area contributed by atoms with Gasteiger partial charge in [-0.25, -0.2) is 13.8 Å². The van der Waals surface area contributed by atoms with Crippen molar-refractivity contribution in [2.75, 3.05) is 31.7 Å². The van der Waals surface area contributed by atoms with E-state index in [4.69, 9.17) is 14.2 Å². The Labute approximate surface area is 205 Å². The third kappa shape index (κ3) is 6.51. The van der Waals surface area contributed by atoms with Gasteiger partial charge in [-0.3, -0.25) is 9.10 Å². The van der Waals surface area contributed by atoms with Crippen molar-refractivity contribution >= 4 is 27.8 Å². The first-order valence-electron chi connectivity index (χ1n) is 10.7. The third-order valence-electron chi connectivity index (χ3n) is 4.88. The number of sulfonamides is 1. The minimum Gasteiger partial charge on any atom is -0.497 e. The summed E-state index contributed by atoms with van der Waals surface area (Å²) < 4.78 is 43.7. The number of hydrazone groups is 1. The van der Waals surface area contributed by atoms with Gasteiger partial charge < -0.3 is 14.2 Å². The molecule has 3 aromatic rings. The maximum absolute atomic E-state index is 13.4. The molecule has 0 unspecified atom stereocenters. The van der Waals surface area contributed by atoms with Crippen molar-refractivity contribution in [3.8, 4) is 17.2 Å². The summed E-state index contributed by atoms with van der Waals surface area (Å²) in [6.07, 6.45) is 1.40. The predicted molar refractivity (Wildman–Crippen MR) is 134 cm³/mol. The standard InChI is InChI=1S/C25H27N3O6S/c1-4-34-21-12-10-20(11-13-21)28(35(30,31)23-8-6-5-7-9-23)18-25(29)27-26-17-19-16-22(32-2)14-15-24(19)33-3/h5-17H,4,18H2,1-3H3,(H,27,29)/b26-17-. The van der Waals surface area contributed by atoms with Crippen LogP contribution in [0.2, 0.25) is 0 Å². The summed E-state index contributed by atoms with van der Waals surface area (Å²) >= 11 is 0. The van der Waals surface area contributed by atoms with Gasteiger partial charge in [0, 0.05) is 5.56 Å². The van der Waals surface area contributed by atoms with Gasteiger partial charge in [0.2, 0.25) is 0 Å². The fourth-order valence-corrected chi connectivity index (χ4v) is 4.63. The van der Waals surface area contributed by atoms with E-state index in [1.807, 2.05) is 6.92 Å². The number of ether oxygens (including phenoxy) is 3. The zero-order valence-electron chi connectivity index (χ0n) is 19.7. The second-order valence-electron chi connectivity index (χ2n) is 7.15. The van der Waals surface area contributed by atoms with Gasteiger partial charge in [-0.05, 0) is 61.5 Å². The van der Waals surface area contributed by atoms with Crippen molar-refractivity contribution in [2.24, 2.45) is 5.10 Å². The molecule has 35 heavy (non-hydrogen) atoms. The van der Waals surface area contributed by atoms with Crippen LogP contribution in [0, 0.1) is 0 Å². The molecular weight excluding hydrogens is 470 g/mol. The number of anilines is 1. The summed E-state index contributed by atoms with van der Waals surface area (Å²) in [5.41, 5.74) is 3.27. The van der Waals surface area contributed by atoms with Gasteiger partial charge in [0.1, 0.15) is 23.8 Å². The summed E-state index contributed by atoms with van der Waals surface area (Å²) in [5, 5.41) is 3.96. The molecule has 0 radical (unpaired) electrons. The predicted octanol–water partition coefficient (Wildman–Crippen LogP) is 3.45. The zero-order chi connectivity index (χ0) is 25.3. The molecule has 3 aromatic carbocycles. The lowest BCUT2D eigenvalue weighted by Crippen LogP contribution is -2.39. The largest absolute Gasteiger partial charge is 0.497 e. The highest BCUT2D eigenvalue weighted by atomic mass is 32.2. The van der Waals surface area contributed by atoms with Gasteiger partial charge >= 0.3 is 0 Å². The maximum atomic E-state index is 13.4. The van der Waals surface area contributed by atoms with E-state index in [-0.39, 0.29) is 4.90 Å². The van der Waals surface area contributed by atoms with Crippen LogP contribution < -0.4 is 23.9 Å². The van der Waals surface area contributed by atoms with E-state index in [1.54, 1.807) is 60.7 Å². The van der Waals surface area contributed by atoms with Gasteiger partial charge in [-0.2, -0.15) is 5.10 Å². The van der Waals surface area contributed by atoms with Crippen LogP contribution in [0.3, 0.4) is 0 Å². The number of benzene rings is 3. The first-order valence-corrected chi connectivity index (χ1v) is 12.2. The fourth-order valence-electron chi connectivity index (χ4n) is 3.19. The molecular formula is C25H27N3O6S. The highest BCUT2D eigenvalue weighted by Crippen LogP contribution is 2.26. The number of carbonyl (C=O) groups is 1. The number of amides is 1. The first kappa shape index (κ1) is 25.6. The van der Waals surface area contributed by atoms with Gasteiger partial charge in [0.25, 0.3) is 15.9 Å². The lowest BCUT2D eigenvalue weighted by Gasteiger charge is -2.24. The Kier molecular flexibility index (Phi) is 8.69. The van der Waals surface area contributed by atoms with Crippen molar-refractivity contribution < 1.29 is 27.4 Å². The zero-order valence-corrected chi connectivity index (χ0v) is 20.5. The Hall–Kier alpha value is -4.05. The quantitative estimate of drug-likeness (QED) is 0.321. The van der Waals surface area contributed by atoms with Crippen LogP contribution in [-0.2, 0) is 14.8 Å². The highest BCUT2D eigenvalue weighted by molar-refractivity contribution is 7.92. The molecule has 0 aliphatic heterocycles. The van der Waals surface area contributed by atoms with Crippen molar-refractivity contribution in [1.29, 1.82) is 0 Å². The average Bonchev–Trinajstić information content (AvgIpc) is 2.88. The molecule has 0 bridgehead atoms. The van der Waals surface area contributed by atoms with Crippen LogP contribution in [0.15, 0.2) is 82.8 Å². The van der Waals surface area contributed by atoms with E-state index in [0.29, 0.717) is 35.1 Å². The number of nitrogens with zero attached hydrogens (tertiary/aromatic N) is 2. The third-order valence-corrected chi connectivity index (χ3v) is 6.67. The Morgan fingerprint density at radius 1 is 0.971 bits per heavy atom. The Morgan fingerprint density at radius 2 is 1.66 bits per heavy atom. The summed E-state index contributed by atoms with van der Waals surface area (Å²) in [7, 11) is -0.978. The van der Waals surface area contributed by atoms with Gasteiger partial charge in [-0.15, -0.1) is 0 Å². The Bertz CT molecular complexity index is 1260. The van der Waals surface area contributed by atoms with E-state index < -0.39 is 22.5 Å². The second kappa shape index (κ2) is 11.9. The molecule has 184 valence electrons. The fraction of sp³-hybridized carbons (Fsp3) is 0.200. The van der Waals surface area contributed by atoms with Crippen LogP contribution in [-0.4, -0.2) is 47.9 Å². The van der Waals surface area contributed by atoms with Crippen LogP contribution >= 0.6 is 0 Å². The number of methoxy groups -OCH3 is 2. The number of nitrogens with one attached hydrogen (secondary N) is 1. The lowest BCUT2D eigenvalue weighted by atomic mass is 10.2. The molecule has 1 N–H and O–H groups in total. The molecule has 0 aromatic heterocycles. The van der Waals surface area contributed by atoms with Gasteiger partial charge in [-0.1, -0.05) is 18.2 Å². The van der Waals surface area contributed by atoms with E-state index in [1.165, 1.54) is 32.6 Å². The molecule has 3 rings (SSSR count). The van der Waals surface area contributed by atoms with E-state index >= 15 is 0 Å². The molecule has 9 nitrogen and oxygen atoms in total. The van der Waals surface area contributed by atoms with Crippen molar-refractivity contribution in [3.63, 3.8) is 0 Å². The highest BCUT2D eigenvalue weighted by Gasteiger charge is 2.27. The topological polar surface area (TPSA) is 107 Å². The normalized spacial score (nSPS) is 11.2. The molecule has 0 saturated carbocycles. The van der Waals surface area contributed by atoms with Gasteiger partial charge in [0.05, 0.1) is 37.6 Å². The average molecular weight is 498 g/mol. The lowest BCUT2D eigenvalue weighted by molar-refractivity contribution is -0.119. The molecule has 0 saturated heterocycles. The van der Waals surface area contributed by atoms with Crippen LogP contribution in [0.25, 0.3) is 0 Å². The Balaban J connectivity index is 1.83. The monoisotopic (exact) mass is 497 g/mol. The smallest absolute Gasteiger partial charge is 0.264 e. The SMILES string of the molecule is CCOc1ccc(N(CC(=O)N/N=C\c2cc(OC)ccc2OC)S(=O)(=O)c2ccccc2)cc1. The van der Waals surface area contributed by atoms with Crippen molar-refractivity contribution in [2.45, 2.75) is 11.8 Å². The first-order chi connectivity index (χ1) is 16.9. The van der Waals surface area contributed by atoms with Crippen molar-refractivity contribution in [1.82, 2.24) is 5.43 Å². The molecule has 0 atom stereocenters. The van der Waals surface area contributed by atoms with Gasteiger partial charge in [0.15, 0.2) is 0 Å². The number of hydrogen-bond acceptors (Lipinski definition) is 7. The van der Waals surface area contributed by atoms with E-state index in [0.717, 1.165) is 4.31 Å². The van der Waals surface area contributed by atoms with Crippen LogP contribution in [0.5, 0.6) is 17.2 Å². The molecule has 0 aliphatic rings. The van der Waals surface area contributed by atoms with E-state index in [9.17, 15) is 13.2 Å². The molecule has 10 heteroatoms. The maximum Gasteiger partial charge on any atom is 0.264 e. The minimum atomic E-state index is -4.03. The molecule has 0 fully saturated rings. The summed E-state index contributed by atoms with van der Waals surface area (Å²) in [4.78, 5) is 12.8. The second-order valence-corrected chi connectivity index (χ2v) is 9.02. The number of hydrogen-bond donors (Lipinski definition) is 1. The summed E-state index contributed by atoms with van der Waals surface area (Å²) in [6.45, 7) is 1.84. The number of rotatable bonds is 11. The summed E-state index contributed by atoms with van der Waals surface area (Å²) in [6, 6.07) is 19.5. The molecule has 0 heterocycles. The Morgan fingerprint density at radius 3 is 2.29 bits per heavy atom. The molecule has 0 spiro atoms. The molecule has 0 aliphatic carbocycles. The number of carbonyl (C=O) groups excluding carboxylic acids is 1. The minimum absolute atomic E-state index is 0.0614. The van der Waals surface area contributed by atoms with Crippen LogP contribution in [0.1, 0.15) is 12.5 Å². The van der Waals surface area contributed by atoms with Crippen LogP contribution in [0.4, 0.5) is 5.69 Å². The summed E-state index contributed by atoms with van der Waals surface area (Å²) in [5.74, 6) is 1.09. The molecule has 1 amide bonds.